The van der Waals surface area contributed by atoms with Crippen LogP contribution in [0.25, 0.3) is 0 Å². The highest BCUT2D eigenvalue weighted by Gasteiger charge is 2.20. The highest BCUT2D eigenvalue weighted by Crippen LogP contribution is 2.28. The summed E-state index contributed by atoms with van der Waals surface area (Å²) >= 11 is 0. The largest absolute Gasteiger partial charge is 0.382 e. The Kier molecular flexibility index (Phi) is 5.39. The van der Waals surface area contributed by atoms with Gasteiger partial charge in [-0.05, 0) is 44.7 Å². The lowest BCUT2D eigenvalue weighted by Gasteiger charge is -2.29. The number of pyridine rings is 1. The summed E-state index contributed by atoms with van der Waals surface area (Å²) in [6.45, 7) is 4.77. The number of hydrogen-bond acceptors (Lipinski definition) is 3. The molecule has 1 heterocycles. The summed E-state index contributed by atoms with van der Waals surface area (Å²) in [4.78, 5) is 15.9. The molecule has 4 heteroatoms. The smallest absolute Gasteiger partial charge is 0.269 e. The van der Waals surface area contributed by atoms with Crippen molar-refractivity contribution >= 4 is 11.6 Å². The summed E-state index contributed by atoms with van der Waals surface area (Å²) in [5, 5.41) is 6.31. The maximum atomic E-state index is 11.8. The fourth-order valence-electron chi connectivity index (χ4n) is 2.91. The second-order valence-electron chi connectivity index (χ2n) is 5.62. The molecule has 0 aromatic carbocycles. The molecule has 20 heavy (non-hydrogen) atoms. The minimum atomic E-state index is -0.110. The molecule has 0 radical (unpaired) electrons. The Balaban J connectivity index is 1.98. The third-order valence-corrected chi connectivity index (χ3v) is 4.08. The van der Waals surface area contributed by atoms with Crippen LogP contribution >= 0.6 is 0 Å². The number of nitrogens with zero attached hydrogens (tertiary/aromatic N) is 1. The molecule has 0 bridgehead atoms. The van der Waals surface area contributed by atoms with Crippen LogP contribution in [0.1, 0.15) is 56.4 Å². The van der Waals surface area contributed by atoms with Crippen LogP contribution in [0.15, 0.2) is 18.3 Å². The Bertz CT molecular complexity index is 441. The number of aromatic nitrogens is 1. The van der Waals surface area contributed by atoms with Gasteiger partial charge >= 0.3 is 0 Å². The first kappa shape index (κ1) is 14.8. The standard InChI is InChI=1S/C16H25N3O/c1-3-17-16(20)15-11-14(9-10-18-15)19-12(2)13-7-5-4-6-8-13/h9-13H,3-8H2,1-2H3,(H,17,20)(H,18,19). The zero-order chi connectivity index (χ0) is 14.4. The van der Waals surface area contributed by atoms with Crippen LogP contribution in [0, 0.1) is 5.92 Å². The SMILES string of the molecule is CCNC(=O)c1cc(NC(C)C2CCCCC2)ccn1. The average molecular weight is 275 g/mol. The van der Waals surface area contributed by atoms with E-state index in [2.05, 4.69) is 22.5 Å². The Labute approximate surface area is 121 Å². The highest BCUT2D eigenvalue weighted by molar-refractivity contribution is 5.93. The second kappa shape index (κ2) is 7.27. The molecule has 1 aliphatic carbocycles. The van der Waals surface area contributed by atoms with E-state index in [0.717, 1.165) is 11.6 Å². The molecule has 2 rings (SSSR count). The number of carbonyl (C=O) groups excluding carboxylic acids is 1. The van der Waals surface area contributed by atoms with E-state index in [1.807, 2.05) is 19.1 Å². The molecule has 1 aliphatic rings. The molecule has 2 N–H and O–H groups in total. The van der Waals surface area contributed by atoms with Crippen molar-refractivity contribution in [2.75, 3.05) is 11.9 Å². The third-order valence-electron chi connectivity index (χ3n) is 4.08. The van der Waals surface area contributed by atoms with Crippen molar-refractivity contribution in [1.82, 2.24) is 10.3 Å². The minimum Gasteiger partial charge on any atom is -0.382 e. The predicted molar refractivity (Wildman–Crippen MR) is 81.9 cm³/mol. The Hall–Kier alpha value is -1.58. The molecular formula is C16H25N3O. The predicted octanol–water partition coefficient (Wildman–Crippen LogP) is 3.21. The molecule has 0 aliphatic heterocycles. The van der Waals surface area contributed by atoms with Crippen molar-refractivity contribution in [2.45, 2.75) is 52.0 Å². The molecule has 1 aromatic rings. The minimum absolute atomic E-state index is 0.110. The number of nitrogens with one attached hydrogen (secondary N) is 2. The summed E-state index contributed by atoms with van der Waals surface area (Å²) in [5.41, 5.74) is 1.46. The number of anilines is 1. The number of carbonyl (C=O) groups is 1. The lowest BCUT2D eigenvalue weighted by molar-refractivity contribution is 0.0951. The maximum Gasteiger partial charge on any atom is 0.269 e. The van der Waals surface area contributed by atoms with Gasteiger partial charge in [0.25, 0.3) is 5.91 Å². The van der Waals surface area contributed by atoms with Crippen molar-refractivity contribution in [2.24, 2.45) is 5.92 Å². The van der Waals surface area contributed by atoms with Crippen LogP contribution < -0.4 is 10.6 Å². The summed E-state index contributed by atoms with van der Waals surface area (Å²) in [7, 11) is 0. The summed E-state index contributed by atoms with van der Waals surface area (Å²) < 4.78 is 0. The van der Waals surface area contributed by atoms with Gasteiger partial charge in [-0.15, -0.1) is 0 Å². The van der Waals surface area contributed by atoms with Gasteiger partial charge in [-0.2, -0.15) is 0 Å². The van der Waals surface area contributed by atoms with E-state index in [4.69, 9.17) is 0 Å². The average Bonchev–Trinajstić information content (AvgIpc) is 2.48. The van der Waals surface area contributed by atoms with Crippen molar-refractivity contribution in [3.63, 3.8) is 0 Å². The van der Waals surface area contributed by atoms with Crippen molar-refractivity contribution in [1.29, 1.82) is 0 Å². The van der Waals surface area contributed by atoms with Gasteiger partial charge in [0.05, 0.1) is 0 Å². The summed E-state index contributed by atoms with van der Waals surface area (Å²) in [6, 6.07) is 4.21. The van der Waals surface area contributed by atoms with E-state index < -0.39 is 0 Å². The Morgan fingerprint density at radius 2 is 2.15 bits per heavy atom. The van der Waals surface area contributed by atoms with Crippen LogP contribution in [0.2, 0.25) is 0 Å². The van der Waals surface area contributed by atoms with Gasteiger partial charge < -0.3 is 10.6 Å². The van der Waals surface area contributed by atoms with E-state index in [0.29, 0.717) is 18.3 Å². The second-order valence-corrected chi connectivity index (χ2v) is 5.62. The quantitative estimate of drug-likeness (QED) is 0.867. The fourth-order valence-corrected chi connectivity index (χ4v) is 2.91. The lowest BCUT2D eigenvalue weighted by atomic mass is 9.84. The van der Waals surface area contributed by atoms with E-state index in [-0.39, 0.29) is 5.91 Å². The molecule has 1 fully saturated rings. The normalized spacial score (nSPS) is 17.5. The van der Waals surface area contributed by atoms with Crippen LogP contribution in [-0.4, -0.2) is 23.5 Å². The molecule has 4 nitrogen and oxygen atoms in total. The lowest BCUT2D eigenvalue weighted by Crippen LogP contribution is -2.28. The number of hydrogen-bond donors (Lipinski definition) is 2. The Morgan fingerprint density at radius 1 is 1.40 bits per heavy atom. The molecule has 1 amide bonds. The zero-order valence-electron chi connectivity index (χ0n) is 12.5. The molecule has 1 unspecified atom stereocenters. The van der Waals surface area contributed by atoms with Crippen LogP contribution in [0.4, 0.5) is 5.69 Å². The van der Waals surface area contributed by atoms with Gasteiger partial charge in [0.15, 0.2) is 0 Å². The van der Waals surface area contributed by atoms with Gasteiger partial charge in [-0.1, -0.05) is 19.3 Å². The Morgan fingerprint density at radius 3 is 2.85 bits per heavy atom. The molecule has 1 saturated carbocycles. The van der Waals surface area contributed by atoms with Crippen molar-refractivity contribution < 1.29 is 4.79 Å². The van der Waals surface area contributed by atoms with Crippen molar-refractivity contribution in [3.8, 4) is 0 Å². The molecular weight excluding hydrogens is 250 g/mol. The summed E-state index contributed by atoms with van der Waals surface area (Å²) in [5.74, 6) is 0.631. The first-order valence-electron chi connectivity index (χ1n) is 7.71. The molecule has 0 spiro atoms. The number of rotatable bonds is 5. The van der Waals surface area contributed by atoms with Crippen molar-refractivity contribution in [3.05, 3.63) is 24.0 Å². The molecule has 1 atom stereocenters. The zero-order valence-corrected chi connectivity index (χ0v) is 12.5. The first-order chi connectivity index (χ1) is 9.70. The highest BCUT2D eigenvalue weighted by atomic mass is 16.1. The molecule has 110 valence electrons. The van der Waals surface area contributed by atoms with Gasteiger partial charge in [0.2, 0.25) is 0 Å². The van der Waals surface area contributed by atoms with E-state index in [1.54, 1.807) is 6.20 Å². The topological polar surface area (TPSA) is 54.0 Å². The monoisotopic (exact) mass is 275 g/mol. The fraction of sp³-hybridized carbons (Fsp3) is 0.625. The molecule has 0 saturated heterocycles. The van der Waals surface area contributed by atoms with E-state index in [1.165, 1.54) is 32.1 Å². The number of amides is 1. The van der Waals surface area contributed by atoms with E-state index >= 15 is 0 Å². The van der Waals surface area contributed by atoms with Gasteiger partial charge in [-0.25, -0.2) is 0 Å². The third kappa shape index (κ3) is 3.95. The van der Waals surface area contributed by atoms with Crippen LogP contribution in [0.3, 0.4) is 0 Å². The molecule has 1 aromatic heterocycles. The van der Waals surface area contributed by atoms with Gasteiger partial charge in [0.1, 0.15) is 5.69 Å². The van der Waals surface area contributed by atoms with Crippen LogP contribution in [0.5, 0.6) is 0 Å². The van der Waals surface area contributed by atoms with Gasteiger partial charge in [0, 0.05) is 24.5 Å². The van der Waals surface area contributed by atoms with E-state index in [9.17, 15) is 4.79 Å². The van der Waals surface area contributed by atoms with Crippen LogP contribution in [-0.2, 0) is 0 Å². The first-order valence-corrected chi connectivity index (χ1v) is 7.71. The van der Waals surface area contributed by atoms with Gasteiger partial charge in [-0.3, -0.25) is 9.78 Å². The maximum absolute atomic E-state index is 11.8. The summed E-state index contributed by atoms with van der Waals surface area (Å²) in [6.07, 6.45) is 8.37.